The van der Waals surface area contributed by atoms with Gasteiger partial charge in [0, 0.05) is 13.1 Å². The van der Waals surface area contributed by atoms with Crippen LogP contribution in [0.4, 0.5) is 0 Å². The summed E-state index contributed by atoms with van der Waals surface area (Å²) in [6, 6.07) is 5.48. The van der Waals surface area contributed by atoms with E-state index in [1.54, 1.807) is 6.07 Å². The number of nitrogens with one attached hydrogen (secondary N) is 1. The van der Waals surface area contributed by atoms with Crippen molar-refractivity contribution in [2.75, 3.05) is 46.6 Å². The summed E-state index contributed by atoms with van der Waals surface area (Å²) in [6.45, 7) is 3.03. The highest BCUT2D eigenvalue weighted by Crippen LogP contribution is 2.33. The molecule has 1 aliphatic rings. The van der Waals surface area contributed by atoms with Crippen LogP contribution in [0.2, 0.25) is 0 Å². The number of halogens is 1. The molecule has 9 heteroatoms. The van der Waals surface area contributed by atoms with Gasteiger partial charge < -0.3 is 14.2 Å². The number of benzene rings is 1. The Labute approximate surface area is 159 Å². The van der Waals surface area contributed by atoms with Crippen LogP contribution < -0.4 is 14.9 Å². The Morgan fingerprint density at radius 2 is 2.28 bits per heavy atom. The van der Waals surface area contributed by atoms with E-state index < -0.39 is 0 Å². The maximum absolute atomic E-state index is 11.9. The largest absolute Gasteiger partial charge is 0.493 e. The Hall–Kier alpha value is -1.90. The minimum Gasteiger partial charge on any atom is -0.493 e. The maximum atomic E-state index is 11.9. The minimum absolute atomic E-state index is 0.0581. The number of ether oxygens (including phenoxy) is 3. The molecular formula is C16H19IN4O4. The number of methoxy groups -OCH3 is 1. The SMILES string of the molecule is COc1cc(/C=N\NC(=O)CN2CCOCC2)cc(I)c1OCC#N. The Morgan fingerprint density at radius 3 is 2.96 bits per heavy atom. The van der Waals surface area contributed by atoms with Crippen LogP contribution in [0.25, 0.3) is 0 Å². The minimum atomic E-state index is -0.172. The lowest BCUT2D eigenvalue weighted by atomic mass is 10.2. The summed E-state index contributed by atoms with van der Waals surface area (Å²) in [7, 11) is 1.52. The molecule has 2 rings (SSSR count). The molecule has 0 aliphatic carbocycles. The second kappa shape index (κ2) is 10.2. The molecule has 1 heterocycles. The van der Waals surface area contributed by atoms with Gasteiger partial charge in [-0.25, -0.2) is 5.43 Å². The average molecular weight is 458 g/mol. The van der Waals surface area contributed by atoms with E-state index in [-0.39, 0.29) is 12.5 Å². The number of carbonyl (C=O) groups is 1. The highest BCUT2D eigenvalue weighted by molar-refractivity contribution is 14.1. The number of nitrogens with zero attached hydrogens (tertiary/aromatic N) is 3. The van der Waals surface area contributed by atoms with Crippen LogP contribution >= 0.6 is 22.6 Å². The van der Waals surface area contributed by atoms with Crippen molar-refractivity contribution in [3.8, 4) is 17.6 Å². The first-order valence-electron chi connectivity index (χ1n) is 7.63. The van der Waals surface area contributed by atoms with Crippen molar-refractivity contribution < 1.29 is 19.0 Å². The van der Waals surface area contributed by atoms with E-state index in [1.165, 1.54) is 13.3 Å². The van der Waals surface area contributed by atoms with E-state index in [2.05, 4.69) is 33.1 Å². The summed E-state index contributed by atoms with van der Waals surface area (Å²) in [6.07, 6.45) is 1.54. The standard InChI is InChI=1S/C16H19IN4O4/c1-23-14-9-12(8-13(17)16(14)25-5-2-18)10-19-20-15(22)11-21-3-6-24-7-4-21/h8-10H,3-7,11H2,1H3,(H,20,22)/b19-10-. The van der Waals surface area contributed by atoms with Crippen LogP contribution in [0.1, 0.15) is 5.56 Å². The number of hydrogen-bond acceptors (Lipinski definition) is 7. The van der Waals surface area contributed by atoms with Gasteiger partial charge in [0.2, 0.25) is 0 Å². The van der Waals surface area contributed by atoms with E-state index in [9.17, 15) is 4.79 Å². The van der Waals surface area contributed by atoms with Crippen molar-refractivity contribution in [3.63, 3.8) is 0 Å². The van der Waals surface area contributed by atoms with Crippen LogP contribution in [-0.4, -0.2) is 63.6 Å². The van der Waals surface area contributed by atoms with E-state index >= 15 is 0 Å². The van der Waals surface area contributed by atoms with Gasteiger partial charge in [0.1, 0.15) is 6.07 Å². The first kappa shape index (κ1) is 19.4. The molecule has 1 aromatic carbocycles. The van der Waals surface area contributed by atoms with Gasteiger partial charge in [-0.2, -0.15) is 10.4 Å². The summed E-state index contributed by atoms with van der Waals surface area (Å²) in [5.74, 6) is 0.843. The van der Waals surface area contributed by atoms with Gasteiger partial charge >= 0.3 is 0 Å². The van der Waals surface area contributed by atoms with Gasteiger partial charge in [0.05, 0.1) is 36.7 Å². The van der Waals surface area contributed by atoms with Crippen molar-refractivity contribution >= 4 is 34.7 Å². The highest BCUT2D eigenvalue weighted by atomic mass is 127. The number of hydrazone groups is 1. The molecule has 0 unspecified atom stereocenters. The molecule has 0 atom stereocenters. The third-order valence-electron chi connectivity index (χ3n) is 3.41. The second-order valence-electron chi connectivity index (χ2n) is 5.16. The first-order chi connectivity index (χ1) is 12.1. The lowest BCUT2D eigenvalue weighted by Gasteiger charge is -2.25. The number of rotatable bonds is 7. The lowest BCUT2D eigenvalue weighted by Crippen LogP contribution is -2.42. The van der Waals surface area contributed by atoms with Crippen molar-refractivity contribution in [2.45, 2.75) is 0 Å². The van der Waals surface area contributed by atoms with Gasteiger partial charge in [0.15, 0.2) is 18.1 Å². The van der Waals surface area contributed by atoms with E-state index in [1.807, 2.05) is 17.0 Å². The fourth-order valence-corrected chi connectivity index (χ4v) is 3.02. The zero-order valence-electron chi connectivity index (χ0n) is 13.8. The lowest BCUT2D eigenvalue weighted by molar-refractivity contribution is -0.123. The Balaban J connectivity index is 1.94. The molecule has 1 N–H and O–H groups in total. The van der Waals surface area contributed by atoms with Crippen LogP contribution in [0.3, 0.4) is 0 Å². The zero-order valence-corrected chi connectivity index (χ0v) is 16.0. The second-order valence-corrected chi connectivity index (χ2v) is 6.32. The third kappa shape index (κ3) is 6.15. The summed E-state index contributed by atoms with van der Waals surface area (Å²) >= 11 is 2.09. The molecule has 25 heavy (non-hydrogen) atoms. The fourth-order valence-electron chi connectivity index (χ4n) is 2.24. The van der Waals surface area contributed by atoms with Crippen molar-refractivity contribution in [1.29, 1.82) is 5.26 Å². The monoisotopic (exact) mass is 458 g/mol. The smallest absolute Gasteiger partial charge is 0.254 e. The number of hydrogen-bond donors (Lipinski definition) is 1. The molecule has 0 bridgehead atoms. The quantitative estimate of drug-likeness (QED) is 0.372. The Bertz CT molecular complexity index is 669. The van der Waals surface area contributed by atoms with Crippen LogP contribution in [0, 0.1) is 14.9 Å². The van der Waals surface area contributed by atoms with Crippen molar-refractivity contribution in [1.82, 2.24) is 10.3 Å². The third-order valence-corrected chi connectivity index (χ3v) is 4.21. The molecule has 0 spiro atoms. The highest BCUT2D eigenvalue weighted by Gasteiger charge is 2.14. The van der Waals surface area contributed by atoms with Gasteiger partial charge in [-0.15, -0.1) is 0 Å². The van der Waals surface area contributed by atoms with E-state index in [0.29, 0.717) is 31.3 Å². The molecule has 1 fully saturated rings. The summed E-state index contributed by atoms with van der Waals surface area (Å²) < 4.78 is 16.7. The predicted molar refractivity (Wildman–Crippen MR) is 99.8 cm³/mol. The number of carbonyl (C=O) groups excluding carboxylic acids is 1. The zero-order chi connectivity index (χ0) is 18.1. The normalized spacial score (nSPS) is 14.9. The molecule has 134 valence electrons. The molecule has 0 aromatic heterocycles. The molecular weight excluding hydrogens is 439 g/mol. The summed E-state index contributed by atoms with van der Waals surface area (Å²) in [4.78, 5) is 13.9. The summed E-state index contributed by atoms with van der Waals surface area (Å²) in [5.41, 5.74) is 3.26. The van der Waals surface area contributed by atoms with Crippen LogP contribution in [0.5, 0.6) is 11.5 Å². The Morgan fingerprint density at radius 1 is 1.52 bits per heavy atom. The van der Waals surface area contributed by atoms with Crippen molar-refractivity contribution in [2.24, 2.45) is 5.10 Å². The van der Waals surface area contributed by atoms with Crippen LogP contribution in [0.15, 0.2) is 17.2 Å². The van der Waals surface area contributed by atoms with Crippen molar-refractivity contribution in [3.05, 3.63) is 21.3 Å². The predicted octanol–water partition coefficient (Wildman–Crippen LogP) is 0.984. The van der Waals surface area contributed by atoms with Gasteiger partial charge in [-0.1, -0.05) is 0 Å². The van der Waals surface area contributed by atoms with Crippen LogP contribution in [-0.2, 0) is 9.53 Å². The average Bonchev–Trinajstić information content (AvgIpc) is 2.61. The topological polar surface area (TPSA) is 96.2 Å². The molecule has 1 saturated heterocycles. The summed E-state index contributed by atoms with van der Waals surface area (Å²) in [5, 5.41) is 12.6. The molecule has 0 saturated carbocycles. The number of amides is 1. The molecule has 1 aliphatic heterocycles. The molecule has 0 radical (unpaired) electrons. The van der Waals surface area contributed by atoms with Gasteiger partial charge in [-0.3, -0.25) is 9.69 Å². The van der Waals surface area contributed by atoms with E-state index in [0.717, 1.165) is 22.2 Å². The maximum Gasteiger partial charge on any atom is 0.254 e. The number of morpholine rings is 1. The van der Waals surface area contributed by atoms with E-state index in [4.69, 9.17) is 19.5 Å². The number of nitriles is 1. The Kier molecular flexibility index (Phi) is 7.90. The molecule has 1 aromatic rings. The molecule has 8 nitrogen and oxygen atoms in total. The van der Waals surface area contributed by atoms with Gasteiger partial charge in [-0.05, 0) is 40.3 Å². The molecule has 1 amide bonds. The van der Waals surface area contributed by atoms with Gasteiger partial charge in [0.25, 0.3) is 5.91 Å². The first-order valence-corrected chi connectivity index (χ1v) is 8.71. The fraction of sp³-hybridized carbons (Fsp3) is 0.438.